The molecule has 13 aromatic rings. The molecule has 0 fully saturated rings. The second kappa shape index (κ2) is 11.9. The van der Waals surface area contributed by atoms with Crippen LogP contribution in [-0.2, 0) is 0 Å². The van der Waals surface area contributed by atoms with Gasteiger partial charge in [0.1, 0.15) is 22.3 Å². The van der Waals surface area contributed by atoms with Crippen LogP contribution in [0.4, 0.5) is 0 Å². The molecule has 2 heterocycles. The third-order valence-corrected chi connectivity index (χ3v) is 12.4. The first kappa shape index (κ1) is 31.5. The summed E-state index contributed by atoms with van der Waals surface area (Å²) in [7, 11) is 0. The Morgan fingerprint density at radius 1 is 0.259 bits per heavy atom. The fourth-order valence-corrected chi connectivity index (χ4v) is 9.84. The fraction of sp³-hybridized carbons (Fsp3) is 0. The van der Waals surface area contributed by atoms with E-state index in [-0.39, 0.29) is 0 Å². The van der Waals surface area contributed by atoms with Crippen molar-refractivity contribution in [3.05, 3.63) is 194 Å². The summed E-state index contributed by atoms with van der Waals surface area (Å²) in [6.45, 7) is 0. The Kier molecular flexibility index (Phi) is 6.47. The highest BCUT2D eigenvalue weighted by atomic mass is 16.3. The van der Waals surface area contributed by atoms with E-state index in [9.17, 15) is 0 Å². The summed E-state index contributed by atoms with van der Waals surface area (Å²) in [5.41, 5.74) is 10.9. The van der Waals surface area contributed by atoms with Gasteiger partial charge in [-0.05, 0) is 118 Å². The number of hydrogen-bond donors (Lipinski definition) is 0. The zero-order valence-corrected chi connectivity index (χ0v) is 31.3. The topological polar surface area (TPSA) is 26.3 Å². The van der Waals surface area contributed by atoms with Gasteiger partial charge in [0.25, 0.3) is 0 Å². The first-order chi connectivity index (χ1) is 28.8. The minimum atomic E-state index is 0.841. The first-order valence-electron chi connectivity index (χ1n) is 19.9. The summed E-state index contributed by atoms with van der Waals surface area (Å²) in [6, 6.07) is 70.5. The molecule has 0 radical (unpaired) electrons. The Morgan fingerprint density at radius 3 is 1.59 bits per heavy atom. The van der Waals surface area contributed by atoms with Crippen molar-refractivity contribution in [3.63, 3.8) is 0 Å². The number of hydrogen-bond acceptors (Lipinski definition) is 2. The normalized spacial score (nSPS) is 12.1. The summed E-state index contributed by atoms with van der Waals surface area (Å²) in [5.74, 6) is 0. The van der Waals surface area contributed by atoms with Gasteiger partial charge in [0.05, 0.1) is 5.39 Å². The summed E-state index contributed by atoms with van der Waals surface area (Å²) in [5, 5.41) is 16.6. The third-order valence-electron chi connectivity index (χ3n) is 12.4. The summed E-state index contributed by atoms with van der Waals surface area (Å²) in [4.78, 5) is 0. The van der Waals surface area contributed by atoms with E-state index in [0.717, 1.165) is 49.3 Å². The number of para-hydroxylation sites is 1. The van der Waals surface area contributed by atoms with Crippen LogP contribution in [0.2, 0.25) is 0 Å². The largest absolute Gasteiger partial charge is 0.456 e. The molecule has 0 saturated carbocycles. The van der Waals surface area contributed by atoms with Crippen LogP contribution in [0.5, 0.6) is 0 Å². The second-order valence-electron chi connectivity index (χ2n) is 15.5. The Bertz CT molecular complexity index is 3800. The van der Waals surface area contributed by atoms with E-state index in [0.29, 0.717) is 0 Å². The minimum Gasteiger partial charge on any atom is -0.456 e. The molecule has 0 spiro atoms. The van der Waals surface area contributed by atoms with Gasteiger partial charge in [-0.2, -0.15) is 0 Å². The van der Waals surface area contributed by atoms with Gasteiger partial charge >= 0.3 is 0 Å². The van der Waals surface area contributed by atoms with Gasteiger partial charge in [0.15, 0.2) is 0 Å². The van der Waals surface area contributed by atoms with Crippen molar-refractivity contribution in [2.24, 2.45) is 0 Å². The Morgan fingerprint density at radius 2 is 0.828 bits per heavy atom. The van der Waals surface area contributed by atoms with Crippen molar-refractivity contribution in [2.75, 3.05) is 0 Å². The lowest BCUT2D eigenvalue weighted by Crippen LogP contribution is -1.91. The van der Waals surface area contributed by atoms with Gasteiger partial charge in [-0.15, -0.1) is 0 Å². The summed E-state index contributed by atoms with van der Waals surface area (Å²) in [6.07, 6.45) is 0. The molecule has 0 unspecified atom stereocenters. The van der Waals surface area contributed by atoms with Crippen molar-refractivity contribution < 1.29 is 8.83 Å². The SMILES string of the molecule is c1ccc2c(-c3c4ccccc4c(-c4ccc5cc(-c6cc7c8ccc9oc%10ccccc%10c9c8oc7c7ccccc67)ccc5c4)c4ccccc34)cccc2c1. The lowest BCUT2D eigenvalue weighted by atomic mass is 9.84. The number of fused-ring (bicyclic) bond motifs is 13. The molecule has 2 nitrogen and oxygen atoms in total. The van der Waals surface area contributed by atoms with Gasteiger partial charge in [-0.1, -0.05) is 158 Å². The molecule has 58 heavy (non-hydrogen) atoms. The van der Waals surface area contributed by atoms with Crippen LogP contribution in [0, 0.1) is 0 Å². The molecule has 0 aliphatic rings. The molecule has 0 bridgehead atoms. The maximum absolute atomic E-state index is 6.81. The number of rotatable bonds is 3. The third kappa shape index (κ3) is 4.43. The number of furan rings is 2. The van der Waals surface area contributed by atoms with Crippen molar-refractivity contribution in [1.82, 2.24) is 0 Å². The van der Waals surface area contributed by atoms with E-state index in [4.69, 9.17) is 8.83 Å². The zero-order valence-electron chi connectivity index (χ0n) is 31.3. The van der Waals surface area contributed by atoms with Gasteiger partial charge in [0, 0.05) is 21.5 Å². The van der Waals surface area contributed by atoms with E-state index in [1.54, 1.807) is 0 Å². The number of benzene rings is 11. The van der Waals surface area contributed by atoms with E-state index in [2.05, 4.69) is 182 Å². The van der Waals surface area contributed by atoms with E-state index in [1.165, 1.54) is 81.9 Å². The smallest absolute Gasteiger partial charge is 0.147 e. The molecule has 0 aliphatic carbocycles. The van der Waals surface area contributed by atoms with Gasteiger partial charge in [-0.25, -0.2) is 0 Å². The predicted molar refractivity (Wildman–Crippen MR) is 245 cm³/mol. The van der Waals surface area contributed by atoms with Crippen LogP contribution in [0.1, 0.15) is 0 Å². The zero-order chi connectivity index (χ0) is 37.9. The summed E-state index contributed by atoms with van der Waals surface area (Å²) < 4.78 is 13.0. The van der Waals surface area contributed by atoms with Gasteiger partial charge < -0.3 is 8.83 Å². The molecule has 11 aromatic carbocycles. The summed E-state index contributed by atoms with van der Waals surface area (Å²) >= 11 is 0. The molecule has 0 saturated heterocycles. The Balaban J connectivity index is 0.998. The van der Waals surface area contributed by atoms with Crippen molar-refractivity contribution in [3.8, 4) is 33.4 Å². The molecule has 13 rings (SSSR count). The van der Waals surface area contributed by atoms with Crippen LogP contribution in [0.15, 0.2) is 203 Å². The molecule has 0 N–H and O–H groups in total. The van der Waals surface area contributed by atoms with Crippen molar-refractivity contribution >= 4 is 97.7 Å². The van der Waals surface area contributed by atoms with E-state index < -0.39 is 0 Å². The minimum absolute atomic E-state index is 0.841. The highest BCUT2D eigenvalue weighted by molar-refractivity contribution is 6.27. The van der Waals surface area contributed by atoms with Crippen LogP contribution < -0.4 is 0 Å². The monoisotopic (exact) mass is 736 g/mol. The van der Waals surface area contributed by atoms with Crippen LogP contribution in [0.25, 0.3) is 131 Å². The van der Waals surface area contributed by atoms with E-state index >= 15 is 0 Å². The van der Waals surface area contributed by atoms with Crippen molar-refractivity contribution in [2.45, 2.75) is 0 Å². The standard InChI is InChI=1S/C56H32O2/c1-2-14-38-33(12-1)13-11-22-40(38)53-43-18-6-4-16-41(43)52(42-17-5-7-19-44(42)53)37-27-25-34-30-36(26-24-35(34)31-37)48-32-49-46-28-29-51-54(47-21-9-10-23-50(47)57-51)56(46)58-55(49)45-20-8-3-15-39(45)48/h1-32H. The molecule has 2 aromatic heterocycles. The Hall–Kier alpha value is -7.68. The molecule has 268 valence electrons. The average molecular weight is 737 g/mol. The van der Waals surface area contributed by atoms with Crippen LogP contribution in [0.3, 0.4) is 0 Å². The van der Waals surface area contributed by atoms with E-state index in [1.807, 2.05) is 12.1 Å². The second-order valence-corrected chi connectivity index (χ2v) is 15.5. The van der Waals surface area contributed by atoms with Gasteiger partial charge in [-0.3, -0.25) is 0 Å². The maximum atomic E-state index is 6.81. The molecule has 2 heteroatoms. The van der Waals surface area contributed by atoms with Crippen molar-refractivity contribution in [1.29, 1.82) is 0 Å². The van der Waals surface area contributed by atoms with Crippen LogP contribution in [-0.4, -0.2) is 0 Å². The quantitative estimate of drug-likeness (QED) is 0.169. The van der Waals surface area contributed by atoms with Gasteiger partial charge in [0.2, 0.25) is 0 Å². The molecule has 0 atom stereocenters. The molecule has 0 amide bonds. The lowest BCUT2D eigenvalue weighted by molar-refractivity contribution is 0.664. The Labute approximate surface area is 332 Å². The first-order valence-corrected chi connectivity index (χ1v) is 19.9. The van der Waals surface area contributed by atoms with Crippen LogP contribution >= 0.6 is 0 Å². The molecular formula is C56H32O2. The predicted octanol–water partition coefficient (Wildman–Crippen LogP) is 16.3. The molecular weight excluding hydrogens is 705 g/mol. The molecule has 0 aliphatic heterocycles. The lowest BCUT2D eigenvalue weighted by Gasteiger charge is -2.19. The fourth-order valence-electron chi connectivity index (χ4n) is 9.84. The average Bonchev–Trinajstić information content (AvgIpc) is 3.86. The highest BCUT2D eigenvalue weighted by Crippen LogP contribution is 2.47. The maximum Gasteiger partial charge on any atom is 0.147 e. The highest BCUT2D eigenvalue weighted by Gasteiger charge is 2.21.